The average Bonchev–Trinajstić information content (AvgIpc) is 3.27. The summed E-state index contributed by atoms with van der Waals surface area (Å²) in [5.74, 6) is 0.626. The highest BCUT2D eigenvalue weighted by molar-refractivity contribution is 5.91. The van der Waals surface area contributed by atoms with Crippen LogP contribution in [0.4, 0.5) is 0 Å². The molecule has 2 aromatic rings. The summed E-state index contributed by atoms with van der Waals surface area (Å²) >= 11 is 0. The van der Waals surface area contributed by atoms with Gasteiger partial charge in [0.15, 0.2) is 5.76 Å². The van der Waals surface area contributed by atoms with Crippen molar-refractivity contribution >= 4 is 5.91 Å². The Morgan fingerprint density at radius 1 is 1.17 bits per heavy atom. The molecule has 1 aliphatic heterocycles. The third kappa shape index (κ3) is 4.54. The second-order valence-electron chi connectivity index (χ2n) is 8.27. The molecule has 5 nitrogen and oxygen atoms in total. The van der Waals surface area contributed by atoms with E-state index in [-0.39, 0.29) is 11.8 Å². The predicted molar refractivity (Wildman–Crippen MR) is 114 cm³/mol. The third-order valence-electron chi connectivity index (χ3n) is 6.25. The highest BCUT2D eigenvalue weighted by Crippen LogP contribution is 2.38. The summed E-state index contributed by atoms with van der Waals surface area (Å²) in [4.78, 5) is 16.6. The van der Waals surface area contributed by atoms with E-state index < -0.39 is 5.41 Å². The van der Waals surface area contributed by atoms with Crippen LogP contribution in [0.3, 0.4) is 0 Å². The lowest BCUT2D eigenvalue weighted by atomic mass is 9.68. The van der Waals surface area contributed by atoms with Gasteiger partial charge in [0.2, 0.25) is 0 Å². The van der Waals surface area contributed by atoms with E-state index in [1.165, 1.54) is 11.8 Å². The van der Waals surface area contributed by atoms with Crippen LogP contribution < -0.4 is 0 Å². The summed E-state index contributed by atoms with van der Waals surface area (Å²) in [5.41, 5.74) is 1.89. The van der Waals surface area contributed by atoms with Gasteiger partial charge in [-0.2, -0.15) is 5.26 Å². The molecule has 0 unspecified atom stereocenters. The fourth-order valence-electron chi connectivity index (χ4n) is 4.37. The largest absolute Gasteiger partial charge is 0.459 e. The summed E-state index contributed by atoms with van der Waals surface area (Å²) in [5, 5.41) is 10.1. The summed E-state index contributed by atoms with van der Waals surface area (Å²) in [7, 11) is 0. The minimum atomic E-state index is -0.456. The highest BCUT2D eigenvalue weighted by Gasteiger charge is 2.36. The molecule has 1 aliphatic rings. The minimum Gasteiger partial charge on any atom is -0.459 e. The summed E-state index contributed by atoms with van der Waals surface area (Å²) in [6, 6.07) is 14.4. The molecular weight excluding hydrogens is 362 g/mol. The van der Waals surface area contributed by atoms with Crippen molar-refractivity contribution in [2.45, 2.75) is 39.0 Å². The number of benzene rings is 1. The van der Waals surface area contributed by atoms with Crippen LogP contribution in [0.5, 0.6) is 0 Å². The Bertz CT molecular complexity index is 845. The quantitative estimate of drug-likeness (QED) is 0.706. The van der Waals surface area contributed by atoms with Gasteiger partial charge in [0.25, 0.3) is 5.91 Å². The molecule has 1 aromatic carbocycles. The maximum absolute atomic E-state index is 12.4. The van der Waals surface area contributed by atoms with Gasteiger partial charge in [-0.25, -0.2) is 0 Å². The first kappa shape index (κ1) is 21.1. The molecule has 1 atom stereocenters. The lowest BCUT2D eigenvalue weighted by Crippen LogP contribution is -2.49. The Morgan fingerprint density at radius 3 is 2.48 bits per heavy atom. The molecule has 0 bridgehead atoms. The number of carbonyl (C=O) groups is 1. The first-order valence-electron chi connectivity index (χ1n) is 10.5. The molecule has 0 aliphatic carbocycles. The summed E-state index contributed by atoms with van der Waals surface area (Å²) in [6.45, 7) is 10.5. The molecule has 0 spiro atoms. The van der Waals surface area contributed by atoms with Crippen LogP contribution in [0.15, 0.2) is 47.1 Å². The Labute approximate surface area is 173 Å². The van der Waals surface area contributed by atoms with Gasteiger partial charge in [-0.3, -0.25) is 9.69 Å². The maximum atomic E-state index is 12.4. The van der Waals surface area contributed by atoms with E-state index in [4.69, 9.17) is 4.42 Å². The molecule has 5 heteroatoms. The number of nitrogens with zero attached hydrogens (tertiary/aromatic N) is 3. The number of rotatable bonds is 7. The van der Waals surface area contributed by atoms with E-state index in [1.807, 2.05) is 17.0 Å². The zero-order valence-corrected chi connectivity index (χ0v) is 17.7. The van der Waals surface area contributed by atoms with Crippen molar-refractivity contribution in [1.29, 1.82) is 5.26 Å². The topological polar surface area (TPSA) is 60.5 Å². The smallest absolute Gasteiger partial charge is 0.289 e. The number of hydrogen-bond donors (Lipinski definition) is 0. The molecule has 0 radical (unpaired) electrons. The van der Waals surface area contributed by atoms with E-state index >= 15 is 0 Å². The second-order valence-corrected chi connectivity index (χ2v) is 8.27. The predicted octanol–water partition coefficient (Wildman–Crippen LogP) is 4.24. The molecule has 1 saturated heterocycles. The van der Waals surface area contributed by atoms with E-state index in [0.29, 0.717) is 18.8 Å². The Kier molecular flexibility index (Phi) is 6.76. The van der Waals surface area contributed by atoms with Gasteiger partial charge in [-0.15, -0.1) is 0 Å². The van der Waals surface area contributed by atoms with Gasteiger partial charge >= 0.3 is 0 Å². The molecule has 2 heterocycles. The summed E-state index contributed by atoms with van der Waals surface area (Å²) in [6.07, 6.45) is 3.35. The van der Waals surface area contributed by atoms with Crippen LogP contribution in [0, 0.1) is 24.2 Å². The van der Waals surface area contributed by atoms with E-state index in [9.17, 15) is 10.1 Å². The van der Waals surface area contributed by atoms with Crippen molar-refractivity contribution < 1.29 is 9.21 Å². The number of carbonyl (C=O) groups excluding carboxylic acids is 1. The lowest BCUT2D eigenvalue weighted by molar-refractivity contribution is 0.0602. The Balaban J connectivity index is 1.55. The van der Waals surface area contributed by atoms with Crippen molar-refractivity contribution in [3.05, 3.63) is 59.5 Å². The number of piperazine rings is 1. The van der Waals surface area contributed by atoms with Crippen LogP contribution in [-0.2, 0) is 5.41 Å². The monoisotopic (exact) mass is 393 g/mol. The van der Waals surface area contributed by atoms with Gasteiger partial charge in [0.05, 0.1) is 17.7 Å². The van der Waals surface area contributed by atoms with E-state index in [0.717, 1.165) is 38.0 Å². The molecule has 0 N–H and O–H groups in total. The van der Waals surface area contributed by atoms with Crippen LogP contribution in [0.25, 0.3) is 0 Å². The van der Waals surface area contributed by atoms with Gasteiger partial charge in [-0.05, 0) is 55.5 Å². The first-order valence-corrected chi connectivity index (χ1v) is 10.5. The van der Waals surface area contributed by atoms with Crippen molar-refractivity contribution in [2.75, 3.05) is 32.7 Å². The van der Waals surface area contributed by atoms with Crippen molar-refractivity contribution in [3.63, 3.8) is 0 Å². The number of nitriles is 1. The molecular formula is C24H31N3O2. The Morgan fingerprint density at radius 2 is 1.90 bits per heavy atom. The Hall–Kier alpha value is -2.58. The van der Waals surface area contributed by atoms with Crippen molar-refractivity contribution in [3.8, 4) is 6.07 Å². The van der Waals surface area contributed by atoms with Gasteiger partial charge in [0, 0.05) is 26.2 Å². The third-order valence-corrected chi connectivity index (χ3v) is 6.25. The fraction of sp³-hybridized carbons (Fsp3) is 0.500. The number of hydrogen-bond acceptors (Lipinski definition) is 4. The molecule has 154 valence electrons. The average molecular weight is 394 g/mol. The fourth-order valence-corrected chi connectivity index (χ4v) is 4.37. The maximum Gasteiger partial charge on any atom is 0.289 e. The van der Waals surface area contributed by atoms with Crippen molar-refractivity contribution in [2.24, 2.45) is 5.92 Å². The number of aryl methyl sites for hydroxylation is 1. The van der Waals surface area contributed by atoms with Gasteiger partial charge < -0.3 is 9.32 Å². The molecule has 3 rings (SSSR count). The zero-order chi connectivity index (χ0) is 20.9. The second kappa shape index (κ2) is 9.28. The molecule has 1 amide bonds. The molecule has 1 fully saturated rings. The van der Waals surface area contributed by atoms with Crippen LogP contribution in [-0.4, -0.2) is 48.4 Å². The van der Waals surface area contributed by atoms with Crippen LogP contribution in [0.1, 0.15) is 48.4 Å². The number of furan rings is 1. The van der Waals surface area contributed by atoms with E-state index in [2.05, 4.69) is 43.9 Å². The molecule has 29 heavy (non-hydrogen) atoms. The van der Waals surface area contributed by atoms with Crippen LogP contribution >= 0.6 is 0 Å². The lowest BCUT2D eigenvalue weighted by Gasteiger charge is -2.36. The minimum absolute atomic E-state index is 0.0301. The number of amides is 1. The van der Waals surface area contributed by atoms with Gasteiger partial charge in [-0.1, -0.05) is 38.1 Å². The first-order chi connectivity index (χ1) is 14.0. The van der Waals surface area contributed by atoms with Crippen LogP contribution in [0.2, 0.25) is 0 Å². The SMILES string of the molecule is Cc1ccccc1[C@@](C#N)(CCCN1CCN(C(=O)c2ccco2)CC1)C(C)C. The highest BCUT2D eigenvalue weighted by atomic mass is 16.3. The standard InChI is InChI=1S/C24H31N3O2/c1-19(2)24(18-25,21-9-5-4-8-20(21)3)11-7-12-26-13-15-27(16-14-26)23(28)22-10-6-17-29-22/h4-6,8-10,17,19H,7,11-16H2,1-3H3/t24-/m1/s1. The zero-order valence-electron chi connectivity index (χ0n) is 17.7. The molecule has 0 saturated carbocycles. The molecule has 1 aromatic heterocycles. The normalized spacial score (nSPS) is 17.1. The van der Waals surface area contributed by atoms with Crippen molar-refractivity contribution in [1.82, 2.24) is 9.80 Å². The van der Waals surface area contributed by atoms with E-state index in [1.54, 1.807) is 12.1 Å². The van der Waals surface area contributed by atoms with Gasteiger partial charge in [0.1, 0.15) is 0 Å². The summed E-state index contributed by atoms with van der Waals surface area (Å²) < 4.78 is 5.23.